The summed E-state index contributed by atoms with van der Waals surface area (Å²) in [7, 11) is 0. The van der Waals surface area contributed by atoms with E-state index >= 15 is 0 Å². The van der Waals surface area contributed by atoms with E-state index in [4.69, 9.17) is 4.74 Å². The Morgan fingerprint density at radius 3 is 2.13 bits per heavy atom. The highest BCUT2D eigenvalue weighted by molar-refractivity contribution is 5.81. The summed E-state index contributed by atoms with van der Waals surface area (Å²) in [6.45, 7) is 3.16. The molecule has 1 N–H and O–H groups in total. The lowest BCUT2D eigenvalue weighted by molar-refractivity contribution is -0.374. The van der Waals surface area contributed by atoms with Crippen LogP contribution in [0.4, 0.5) is 26.3 Å². The molecule has 0 heterocycles. The first-order chi connectivity index (χ1) is 10.4. The third-order valence-corrected chi connectivity index (χ3v) is 4.89. The van der Waals surface area contributed by atoms with Crippen LogP contribution in [0.2, 0.25) is 0 Å². The largest absolute Gasteiger partial charge is 0.459 e. The minimum Gasteiger partial charge on any atom is -0.459 e. The highest BCUT2D eigenvalue weighted by atomic mass is 19.4. The Balaban J connectivity index is 2.27. The minimum atomic E-state index is -5.86. The molecule has 0 radical (unpaired) electrons. The van der Waals surface area contributed by atoms with Gasteiger partial charge in [0, 0.05) is 18.4 Å². The molecule has 2 rings (SSSR count). The van der Waals surface area contributed by atoms with Crippen molar-refractivity contribution in [2.75, 3.05) is 0 Å². The van der Waals surface area contributed by atoms with E-state index < -0.39 is 48.3 Å². The monoisotopic (exact) mass is 346 g/mol. The van der Waals surface area contributed by atoms with E-state index in [9.17, 15) is 36.2 Å². The van der Waals surface area contributed by atoms with E-state index in [1.54, 1.807) is 0 Å². The summed E-state index contributed by atoms with van der Waals surface area (Å²) >= 11 is 0. The zero-order valence-electron chi connectivity index (χ0n) is 12.0. The van der Waals surface area contributed by atoms with Crippen LogP contribution in [0.25, 0.3) is 0 Å². The molecular weight excluding hydrogens is 330 g/mol. The number of aliphatic hydroxyl groups is 1. The summed E-state index contributed by atoms with van der Waals surface area (Å²) in [4.78, 5) is 11.3. The van der Waals surface area contributed by atoms with Crippen LogP contribution in [0.1, 0.15) is 25.7 Å². The van der Waals surface area contributed by atoms with Crippen molar-refractivity contribution in [2.45, 2.75) is 49.7 Å². The molecule has 0 aromatic heterocycles. The molecular formula is C14H16F6O3. The first-order valence-electron chi connectivity index (χ1n) is 7.09. The second-order valence-corrected chi connectivity index (χ2v) is 6.16. The van der Waals surface area contributed by atoms with Crippen LogP contribution >= 0.6 is 0 Å². The fourth-order valence-corrected chi connectivity index (χ4v) is 3.74. The van der Waals surface area contributed by atoms with E-state index in [2.05, 4.69) is 6.58 Å². The van der Waals surface area contributed by atoms with Gasteiger partial charge in [-0.3, -0.25) is 0 Å². The summed E-state index contributed by atoms with van der Waals surface area (Å²) in [6, 6.07) is 0. The van der Waals surface area contributed by atoms with Crippen molar-refractivity contribution in [3.63, 3.8) is 0 Å². The van der Waals surface area contributed by atoms with Gasteiger partial charge in [0.25, 0.3) is 5.60 Å². The summed E-state index contributed by atoms with van der Waals surface area (Å²) in [5, 5.41) is 9.37. The number of esters is 1. The summed E-state index contributed by atoms with van der Waals surface area (Å²) in [5.41, 5.74) is -4.81. The molecule has 2 bridgehead atoms. The highest BCUT2D eigenvalue weighted by Crippen LogP contribution is 2.56. The molecule has 132 valence electrons. The van der Waals surface area contributed by atoms with Gasteiger partial charge in [0.15, 0.2) is 0 Å². The van der Waals surface area contributed by atoms with Crippen molar-refractivity contribution >= 4 is 5.97 Å². The Labute approximate surface area is 128 Å². The van der Waals surface area contributed by atoms with Crippen LogP contribution in [0.3, 0.4) is 0 Å². The van der Waals surface area contributed by atoms with Gasteiger partial charge < -0.3 is 9.84 Å². The molecule has 4 unspecified atom stereocenters. The van der Waals surface area contributed by atoms with Gasteiger partial charge in [-0.25, -0.2) is 4.79 Å². The van der Waals surface area contributed by atoms with Gasteiger partial charge >= 0.3 is 18.3 Å². The van der Waals surface area contributed by atoms with E-state index in [1.165, 1.54) is 0 Å². The van der Waals surface area contributed by atoms with Crippen LogP contribution in [0.15, 0.2) is 12.7 Å². The zero-order valence-corrected chi connectivity index (χ0v) is 12.0. The van der Waals surface area contributed by atoms with Gasteiger partial charge in [-0.1, -0.05) is 6.58 Å². The van der Waals surface area contributed by atoms with Crippen molar-refractivity contribution in [1.29, 1.82) is 0 Å². The van der Waals surface area contributed by atoms with Crippen molar-refractivity contribution in [3.8, 4) is 0 Å². The Morgan fingerprint density at radius 1 is 1.13 bits per heavy atom. The number of hydrogen-bond acceptors (Lipinski definition) is 3. The number of rotatable bonds is 4. The van der Waals surface area contributed by atoms with Crippen molar-refractivity contribution in [2.24, 2.45) is 17.8 Å². The van der Waals surface area contributed by atoms with Gasteiger partial charge in [0.05, 0.1) is 0 Å². The molecule has 2 aliphatic carbocycles. The zero-order chi connectivity index (χ0) is 17.6. The fourth-order valence-electron chi connectivity index (χ4n) is 3.74. The third kappa shape index (κ3) is 3.07. The van der Waals surface area contributed by atoms with Crippen LogP contribution in [0, 0.1) is 17.8 Å². The Bertz CT molecular complexity index is 470. The van der Waals surface area contributed by atoms with Crippen LogP contribution in [0.5, 0.6) is 0 Å². The first kappa shape index (κ1) is 18.1. The highest BCUT2D eigenvalue weighted by Gasteiger charge is 2.72. The molecule has 0 saturated heterocycles. The smallest absolute Gasteiger partial charge is 0.426 e. The van der Waals surface area contributed by atoms with Crippen LogP contribution in [-0.4, -0.2) is 35.1 Å². The molecule has 2 fully saturated rings. The van der Waals surface area contributed by atoms with Crippen LogP contribution in [-0.2, 0) is 9.53 Å². The Morgan fingerprint density at radius 2 is 1.65 bits per heavy atom. The topological polar surface area (TPSA) is 46.5 Å². The molecule has 2 saturated carbocycles. The van der Waals surface area contributed by atoms with E-state index in [0.29, 0.717) is 19.3 Å². The molecule has 3 nitrogen and oxygen atoms in total. The SMILES string of the molecule is C=CC(=O)OC1C2CCC(C2)C1CC(O)(C(F)(F)F)C(F)(F)F. The summed E-state index contributed by atoms with van der Waals surface area (Å²) in [5.74, 6) is -2.79. The molecule has 0 aromatic carbocycles. The van der Waals surface area contributed by atoms with Crippen molar-refractivity contribution in [3.05, 3.63) is 12.7 Å². The van der Waals surface area contributed by atoms with Gasteiger partial charge in [-0.05, 0) is 31.1 Å². The number of ether oxygens (including phenoxy) is 1. The lowest BCUT2D eigenvalue weighted by Gasteiger charge is -2.38. The number of halogens is 6. The molecule has 0 amide bonds. The van der Waals surface area contributed by atoms with Crippen molar-refractivity contribution in [1.82, 2.24) is 0 Å². The normalized spacial score (nSPS) is 31.3. The first-order valence-corrected chi connectivity index (χ1v) is 7.09. The molecule has 4 atom stereocenters. The van der Waals surface area contributed by atoms with Gasteiger partial charge in [-0.15, -0.1) is 0 Å². The molecule has 0 aromatic rings. The average Bonchev–Trinajstić information content (AvgIpc) is 2.98. The maximum absolute atomic E-state index is 12.9. The van der Waals surface area contributed by atoms with E-state index in [1.807, 2.05) is 0 Å². The van der Waals surface area contributed by atoms with Gasteiger partial charge in [0.2, 0.25) is 0 Å². The van der Waals surface area contributed by atoms with Gasteiger partial charge in [-0.2, -0.15) is 26.3 Å². The average molecular weight is 346 g/mol. The third-order valence-electron chi connectivity index (χ3n) is 4.89. The fraction of sp³-hybridized carbons (Fsp3) is 0.786. The summed E-state index contributed by atoms with van der Waals surface area (Å²) in [6.07, 6.45) is -12.1. The second kappa shape index (κ2) is 5.68. The molecule has 9 heteroatoms. The number of hydrogen-bond donors (Lipinski definition) is 1. The molecule has 0 aliphatic heterocycles. The lowest BCUT2D eigenvalue weighted by atomic mass is 9.78. The molecule has 23 heavy (non-hydrogen) atoms. The quantitative estimate of drug-likeness (QED) is 0.482. The second-order valence-electron chi connectivity index (χ2n) is 6.16. The van der Waals surface area contributed by atoms with E-state index in [-0.39, 0.29) is 5.92 Å². The van der Waals surface area contributed by atoms with Gasteiger partial charge in [0.1, 0.15) is 6.10 Å². The Hall–Kier alpha value is -1.25. The number of carbonyl (C=O) groups is 1. The van der Waals surface area contributed by atoms with E-state index in [0.717, 1.165) is 6.08 Å². The number of alkyl halides is 6. The maximum atomic E-state index is 12.9. The predicted octanol–water partition coefficient (Wildman–Crippen LogP) is 3.38. The minimum absolute atomic E-state index is 0.278. The lowest BCUT2D eigenvalue weighted by Crippen LogP contribution is -2.59. The predicted molar refractivity (Wildman–Crippen MR) is 66.1 cm³/mol. The molecule has 2 aliphatic rings. The maximum Gasteiger partial charge on any atom is 0.426 e. The number of carbonyl (C=O) groups excluding carboxylic acids is 1. The number of fused-ring (bicyclic) bond motifs is 2. The Kier molecular flexibility index (Phi) is 4.47. The van der Waals surface area contributed by atoms with Crippen LogP contribution < -0.4 is 0 Å². The molecule has 0 spiro atoms. The van der Waals surface area contributed by atoms with Crippen molar-refractivity contribution < 1.29 is 41.0 Å². The summed E-state index contributed by atoms with van der Waals surface area (Å²) < 4.78 is 82.1. The standard InChI is InChI=1S/C14H16F6O3/c1-2-10(21)23-11-8-4-3-7(5-8)9(11)6-12(22,13(15,16)17)14(18,19)20/h2,7-9,11,22H,1,3-6H2.